The third-order valence-corrected chi connectivity index (χ3v) is 4.05. The van der Waals surface area contributed by atoms with Gasteiger partial charge in [-0.3, -0.25) is 10.2 Å². The standard InChI is InChI=1S/C19H22ClN3O3/c1-3-13(2)16-9-4-5-10-17(16)26-12-18(24)22-23-19(25)21-15-8-6-7-14(20)11-15/h4-11,13H,3,12H2,1-2H3,(H,22,24)(H2,21,23,25)/t13-/m0/s1. The molecule has 3 N–H and O–H groups in total. The Balaban J connectivity index is 1.80. The molecule has 0 spiro atoms. The molecule has 3 amide bonds. The van der Waals surface area contributed by atoms with Gasteiger partial charge in [-0.25, -0.2) is 10.2 Å². The van der Waals surface area contributed by atoms with Gasteiger partial charge in [0.15, 0.2) is 6.61 Å². The summed E-state index contributed by atoms with van der Waals surface area (Å²) in [4.78, 5) is 23.6. The lowest BCUT2D eigenvalue weighted by atomic mass is 9.98. The van der Waals surface area contributed by atoms with Gasteiger partial charge in [-0.15, -0.1) is 0 Å². The molecule has 0 heterocycles. The first-order valence-electron chi connectivity index (χ1n) is 8.32. The topological polar surface area (TPSA) is 79.5 Å². The molecule has 0 fully saturated rings. The summed E-state index contributed by atoms with van der Waals surface area (Å²) in [5.74, 6) is 0.529. The molecule has 2 aromatic rings. The Labute approximate surface area is 157 Å². The second-order valence-corrected chi connectivity index (χ2v) is 6.21. The summed E-state index contributed by atoms with van der Waals surface area (Å²) in [6.45, 7) is 3.99. The molecular weight excluding hydrogens is 354 g/mol. The van der Waals surface area contributed by atoms with Crippen LogP contribution in [0.3, 0.4) is 0 Å². The minimum absolute atomic E-state index is 0.203. The number of nitrogens with one attached hydrogen (secondary N) is 3. The van der Waals surface area contributed by atoms with Crippen LogP contribution in [0, 0.1) is 0 Å². The largest absolute Gasteiger partial charge is 0.483 e. The van der Waals surface area contributed by atoms with E-state index in [9.17, 15) is 9.59 Å². The lowest BCUT2D eigenvalue weighted by Crippen LogP contribution is -2.45. The first kappa shape index (κ1) is 19.6. The molecule has 0 saturated heterocycles. The Bertz CT molecular complexity index is 767. The van der Waals surface area contributed by atoms with Crippen LogP contribution in [-0.4, -0.2) is 18.5 Å². The molecule has 0 saturated carbocycles. The number of carbonyl (C=O) groups excluding carboxylic acids is 2. The molecule has 0 bridgehead atoms. The van der Waals surface area contributed by atoms with Crippen LogP contribution >= 0.6 is 11.6 Å². The zero-order valence-electron chi connectivity index (χ0n) is 14.7. The van der Waals surface area contributed by atoms with Crippen LogP contribution in [0.2, 0.25) is 5.02 Å². The number of benzene rings is 2. The van der Waals surface area contributed by atoms with Crippen LogP contribution in [-0.2, 0) is 4.79 Å². The van der Waals surface area contributed by atoms with Gasteiger partial charge in [-0.2, -0.15) is 0 Å². The van der Waals surface area contributed by atoms with E-state index < -0.39 is 11.9 Å². The van der Waals surface area contributed by atoms with Crippen molar-refractivity contribution in [1.29, 1.82) is 0 Å². The van der Waals surface area contributed by atoms with Gasteiger partial charge in [-0.05, 0) is 42.2 Å². The number of carbonyl (C=O) groups is 2. The molecule has 138 valence electrons. The molecule has 1 atom stereocenters. The van der Waals surface area contributed by atoms with E-state index in [1.165, 1.54) is 0 Å². The molecule has 0 radical (unpaired) electrons. The summed E-state index contributed by atoms with van der Waals surface area (Å²) in [7, 11) is 0. The molecule has 2 aromatic carbocycles. The number of para-hydroxylation sites is 1. The molecule has 0 aromatic heterocycles. The van der Waals surface area contributed by atoms with Crippen LogP contribution in [0.1, 0.15) is 31.7 Å². The molecule has 6 nitrogen and oxygen atoms in total. The summed E-state index contributed by atoms with van der Waals surface area (Å²) in [5.41, 5.74) is 6.12. The highest BCUT2D eigenvalue weighted by Crippen LogP contribution is 2.28. The maximum absolute atomic E-state index is 11.9. The quantitative estimate of drug-likeness (QED) is 0.665. The van der Waals surface area contributed by atoms with Crippen molar-refractivity contribution >= 4 is 29.2 Å². The van der Waals surface area contributed by atoms with E-state index in [2.05, 4.69) is 30.0 Å². The maximum Gasteiger partial charge on any atom is 0.337 e. The van der Waals surface area contributed by atoms with Gasteiger partial charge in [0.05, 0.1) is 0 Å². The average molecular weight is 376 g/mol. The first-order valence-corrected chi connectivity index (χ1v) is 8.70. The minimum Gasteiger partial charge on any atom is -0.483 e. The highest BCUT2D eigenvalue weighted by Gasteiger charge is 2.11. The van der Waals surface area contributed by atoms with E-state index in [4.69, 9.17) is 16.3 Å². The van der Waals surface area contributed by atoms with Gasteiger partial charge in [0.2, 0.25) is 0 Å². The average Bonchev–Trinajstić information content (AvgIpc) is 2.64. The lowest BCUT2D eigenvalue weighted by molar-refractivity contribution is -0.123. The zero-order chi connectivity index (χ0) is 18.9. The molecular formula is C19H22ClN3O3. The number of amides is 3. The van der Waals surface area contributed by atoms with Gasteiger partial charge >= 0.3 is 6.03 Å². The van der Waals surface area contributed by atoms with Crippen LogP contribution in [0.4, 0.5) is 10.5 Å². The second kappa shape index (κ2) is 9.68. The first-order chi connectivity index (χ1) is 12.5. The summed E-state index contributed by atoms with van der Waals surface area (Å²) in [5, 5.41) is 3.05. The van der Waals surface area contributed by atoms with Crippen molar-refractivity contribution in [2.24, 2.45) is 0 Å². The predicted molar refractivity (Wildman–Crippen MR) is 102 cm³/mol. The van der Waals surface area contributed by atoms with Crippen LogP contribution in [0.5, 0.6) is 5.75 Å². The summed E-state index contributed by atoms with van der Waals surface area (Å²) in [6.07, 6.45) is 0.970. The molecule has 2 rings (SSSR count). The maximum atomic E-state index is 11.9. The Hall–Kier alpha value is -2.73. The molecule has 0 unspecified atom stereocenters. The normalized spacial score (nSPS) is 11.3. The lowest BCUT2D eigenvalue weighted by Gasteiger charge is -2.15. The minimum atomic E-state index is -0.583. The highest BCUT2D eigenvalue weighted by atomic mass is 35.5. The number of rotatable bonds is 6. The SMILES string of the molecule is CC[C@H](C)c1ccccc1OCC(=O)NNC(=O)Nc1cccc(Cl)c1. The third-order valence-electron chi connectivity index (χ3n) is 3.82. The molecule has 0 aliphatic rings. The van der Waals surface area contributed by atoms with Crippen molar-refractivity contribution in [2.75, 3.05) is 11.9 Å². The number of urea groups is 1. The van der Waals surface area contributed by atoms with Crippen molar-refractivity contribution in [3.05, 3.63) is 59.1 Å². The number of ether oxygens (including phenoxy) is 1. The Kier molecular flexibility index (Phi) is 7.29. The second-order valence-electron chi connectivity index (χ2n) is 5.77. The van der Waals surface area contributed by atoms with Crippen molar-refractivity contribution in [3.8, 4) is 5.75 Å². The van der Waals surface area contributed by atoms with Crippen molar-refractivity contribution in [1.82, 2.24) is 10.9 Å². The highest BCUT2D eigenvalue weighted by molar-refractivity contribution is 6.30. The zero-order valence-corrected chi connectivity index (χ0v) is 15.5. The van der Waals surface area contributed by atoms with E-state index in [0.717, 1.165) is 12.0 Å². The fourth-order valence-electron chi connectivity index (χ4n) is 2.27. The number of anilines is 1. The molecule has 26 heavy (non-hydrogen) atoms. The van der Waals surface area contributed by atoms with Gasteiger partial charge in [0.1, 0.15) is 5.75 Å². The number of hydrogen-bond donors (Lipinski definition) is 3. The van der Waals surface area contributed by atoms with Crippen molar-refractivity contribution < 1.29 is 14.3 Å². The van der Waals surface area contributed by atoms with Gasteiger partial charge in [-0.1, -0.05) is 49.7 Å². The van der Waals surface area contributed by atoms with Crippen LogP contribution < -0.4 is 20.9 Å². The fourth-order valence-corrected chi connectivity index (χ4v) is 2.46. The third kappa shape index (κ3) is 5.97. The van der Waals surface area contributed by atoms with Gasteiger partial charge in [0, 0.05) is 10.7 Å². The van der Waals surface area contributed by atoms with E-state index >= 15 is 0 Å². The number of halogens is 1. The van der Waals surface area contributed by atoms with E-state index in [-0.39, 0.29) is 6.61 Å². The fraction of sp³-hybridized carbons (Fsp3) is 0.263. The van der Waals surface area contributed by atoms with Crippen molar-refractivity contribution in [2.45, 2.75) is 26.2 Å². The van der Waals surface area contributed by atoms with E-state index in [1.54, 1.807) is 24.3 Å². The molecule has 7 heteroatoms. The Morgan fingerprint density at radius 1 is 1.12 bits per heavy atom. The Morgan fingerprint density at radius 3 is 2.62 bits per heavy atom. The predicted octanol–water partition coefficient (Wildman–Crippen LogP) is 4.09. The smallest absolute Gasteiger partial charge is 0.337 e. The summed E-state index contributed by atoms with van der Waals surface area (Å²) in [6, 6.07) is 13.7. The number of hydrogen-bond acceptors (Lipinski definition) is 3. The summed E-state index contributed by atoms with van der Waals surface area (Å²) >= 11 is 5.84. The Morgan fingerprint density at radius 2 is 1.88 bits per heavy atom. The van der Waals surface area contributed by atoms with Gasteiger partial charge in [0.25, 0.3) is 5.91 Å². The molecule has 0 aliphatic carbocycles. The van der Waals surface area contributed by atoms with Crippen molar-refractivity contribution in [3.63, 3.8) is 0 Å². The van der Waals surface area contributed by atoms with Gasteiger partial charge < -0.3 is 10.1 Å². The van der Waals surface area contributed by atoms with E-state index in [1.807, 2.05) is 24.3 Å². The monoisotopic (exact) mass is 375 g/mol. The van der Waals surface area contributed by atoms with Crippen LogP contribution in [0.15, 0.2) is 48.5 Å². The number of hydrazine groups is 1. The summed E-state index contributed by atoms with van der Waals surface area (Å²) < 4.78 is 5.59. The molecule has 0 aliphatic heterocycles. The van der Waals surface area contributed by atoms with E-state index in [0.29, 0.717) is 22.4 Å². The van der Waals surface area contributed by atoms with Crippen LogP contribution in [0.25, 0.3) is 0 Å².